The first-order chi connectivity index (χ1) is 10.8. The second-order valence-corrected chi connectivity index (χ2v) is 7.82. The Hall–Kier alpha value is -1.63. The zero-order valence-electron chi connectivity index (χ0n) is 13.3. The molecule has 0 amide bonds. The quantitative estimate of drug-likeness (QED) is 0.680. The van der Waals surface area contributed by atoms with Crippen molar-refractivity contribution in [1.29, 1.82) is 0 Å². The molecule has 1 heterocycles. The van der Waals surface area contributed by atoms with Crippen LogP contribution in [-0.2, 0) is 0 Å². The molecule has 112 valence electrons. The van der Waals surface area contributed by atoms with Crippen molar-refractivity contribution in [1.82, 2.24) is 4.98 Å². The van der Waals surface area contributed by atoms with Crippen molar-refractivity contribution in [2.75, 3.05) is 0 Å². The summed E-state index contributed by atoms with van der Waals surface area (Å²) in [7, 11) is 0. The van der Waals surface area contributed by atoms with E-state index in [0.29, 0.717) is 0 Å². The predicted octanol–water partition coefficient (Wildman–Crippen LogP) is 5.45. The van der Waals surface area contributed by atoms with Crippen LogP contribution in [0, 0.1) is 18.8 Å². The summed E-state index contributed by atoms with van der Waals surface area (Å²) in [5, 5.41) is 0. The molecule has 4 bridgehead atoms. The summed E-state index contributed by atoms with van der Waals surface area (Å²) < 4.78 is 0. The normalized spacial score (nSPS) is 31.9. The van der Waals surface area contributed by atoms with Crippen molar-refractivity contribution in [3.63, 3.8) is 0 Å². The molecule has 0 spiro atoms. The van der Waals surface area contributed by atoms with E-state index < -0.39 is 0 Å². The smallest absolute Gasteiger partial charge is 0.0731 e. The first kappa shape index (κ1) is 12.9. The minimum Gasteiger partial charge on any atom is -0.256 e. The third-order valence-corrected chi connectivity index (χ3v) is 6.39. The molecular weight excluding hydrogens is 266 g/mol. The maximum absolute atomic E-state index is 4.63. The van der Waals surface area contributed by atoms with Gasteiger partial charge in [-0.25, -0.2) is 0 Å². The number of aromatic nitrogens is 1. The summed E-state index contributed by atoms with van der Waals surface area (Å²) in [5.74, 6) is 3.64. The van der Waals surface area contributed by atoms with E-state index in [1.54, 1.807) is 11.1 Å². The Morgan fingerprint density at radius 1 is 0.864 bits per heavy atom. The van der Waals surface area contributed by atoms with E-state index in [9.17, 15) is 0 Å². The maximum atomic E-state index is 4.63. The first-order valence-electron chi connectivity index (χ1n) is 8.84. The van der Waals surface area contributed by atoms with Gasteiger partial charge in [0.1, 0.15) is 0 Å². The molecule has 4 aliphatic rings. The SMILES string of the molecule is Cc1cccnc1-c1ccc2c(c1)C1CC3CC(CC2C3)C1. The molecule has 1 aromatic heterocycles. The number of aryl methyl sites for hydroxylation is 1. The van der Waals surface area contributed by atoms with Gasteiger partial charge in [-0.1, -0.05) is 18.2 Å². The third kappa shape index (κ3) is 1.87. The highest BCUT2D eigenvalue weighted by Crippen LogP contribution is 2.56. The predicted molar refractivity (Wildman–Crippen MR) is 90.0 cm³/mol. The summed E-state index contributed by atoms with van der Waals surface area (Å²) in [5.41, 5.74) is 7.10. The lowest BCUT2D eigenvalue weighted by Crippen LogP contribution is -2.25. The minimum atomic E-state index is 0.815. The summed E-state index contributed by atoms with van der Waals surface area (Å²) in [6.45, 7) is 2.17. The molecule has 0 aliphatic heterocycles. The number of hydrogen-bond donors (Lipinski definition) is 0. The average Bonchev–Trinajstić information content (AvgIpc) is 2.69. The number of rotatable bonds is 1. The fraction of sp³-hybridized carbons (Fsp3) is 0.476. The summed E-state index contributed by atoms with van der Waals surface area (Å²) in [4.78, 5) is 4.63. The number of nitrogens with zero attached hydrogens (tertiary/aromatic N) is 1. The fourth-order valence-corrected chi connectivity index (χ4v) is 5.59. The van der Waals surface area contributed by atoms with Crippen LogP contribution in [0.15, 0.2) is 36.5 Å². The lowest BCUT2D eigenvalue weighted by molar-refractivity contribution is 0.166. The first-order valence-corrected chi connectivity index (χ1v) is 8.84. The molecule has 2 fully saturated rings. The molecule has 0 radical (unpaired) electrons. The molecule has 2 atom stereocenters. The van der Waals surface area contributed by atoms with Gasteiger partial charge in [-0.2, -0.15) is 0 Å². The molecule has 4 aliphatic carbocycles. The van der Waals surface area contributed by atoms with Crippen LogP contribution in [-0.4, -0.2) is 4.98 Å². The van der Waals surface area contributed by atoms with Crippen LogP contribution in [0.4, 0.5) is 0 Å². The minimum absolute atomic E-state index is 0.815. The van der Waals surface area contributed by atoms with Gasteiger partial charge in [-0.15, -0.1) is 0 Å². The van der Waals surface area contributed by atoms with Gasteiger partial charge >= 0.3 is 0 Å². The molecule has 22 heavy (non-hydrogen) atoms. The molecule has 6 rings (SSSR count). The summed E-state index contributed by atoms with van der Waals surface area (Å²) in [6.07, 6.45) is 9.19. The van der Waals surface area contributed by atoms with Crippen LogP contribution in [0.5, 0.6) is 0 Å². The Morgan fingerprint density at radius 3 is 2.32 bits per heavy atom. The Kier molecular flexibility index (Phi) is 2.74. The highest BCUT2D eigenvalue weighted by atomic mass is 14.7. The number of pyridine rings is 1. The molecule has 2 unspecified atom stereocenters. The molecule has 2 aromatic rings. The Morgan fingerprint density at radius 2 is 1.59 bits per heavy atom. The van der Waals surface area contributed by atoms with Crippen molar-refractivity contribution in [3.8, 4) is 11.3 Å². The van der Waals surface area contributed by atoms with Crippen LogP contribution in [0.2, 0.25) is 0 Å². The molecule has 1 heteroatoms. The van der Waals surface area contributed by atoms with Gasteiger partial charge in [0, 0.05) is 11.8 Å². The largest absolute Gasteiger partial charge is 0.256 e. The van der Waals surface area contributed by atoms with E-state index in [4.69, 9.17) is 0 Å². The molecule has 1 nitrogen and oxygen atoms in total. The van der Waals surface area contributed by atoms with Crippen molar-refractivity contribution < 1.29 is 0 Å². The van der Waals surface area contributed by atoms with Crippen LogP contribution < -0.4 is 0 Å². The van der Waals surface area contributed by atoms with E-state index in [2.05, 4.69) is 36.2 Å². The van der Waals surface area contributed by atoms with Gasteiger partial charge in [0.25, 0.3) is 0 Å². The molecule has 0 saturated heterocycles. The third-order valence-electron chi connectivity index (χ3n) is 6.39. The summed E-state index contributed by atoms with van der Waals surface area (Å²) in [6, 6.07) is 11.4. The van der Waals surface area contributed by atoms with Crippen molar-refractivity contribution in [3.05, 3.63) is 53.2 Å². The van der Waals surface area contributed by atoms with Gasteiger partial charge < -0.3 is 0 Å². The van der Waals surface area contributed by atoms with Crippen LogP contribution in [0.25, 0.3) is 11.3 Å². The Labute approximate surface area is 132 Å². The highest BCUT2D eigenvalue weighted by molar-refractivity contribution is 5.65. The van der Waals surface area contributed by atoms with Crippen LogP contribution >= 0.6 is 0 Å². The number of benzene rings is 1. The van der Waals surface area contributed by atoms with E-state index in [1.165, 1.54) is 43.2 Å². The monoisotopic (exact) mass is 289 g/mol. The molecular formula is C21H23N. The zero-order chi connectivity index (χ0) is 14.7. The zero-order valence-corrected chi connectivity index (χ0v) is 13.3. The van der Waals surface area contributed by atoms with E-state index in [0.717, 1.165) is 29.4 Å². The van der Waals surface area contributed by atoms with Crippen LogP contribution in [0.1, 0.15) is 60.6 Å². The lowest BCUT2D eigenvalue weighted by atomic mass is 9.67. The fourth-order valence-electron chi connectivity index (χ4n) is 5.59. The van der Waals surface area contributed by atoms with E-state index >= 15 is 0 Å². The molecule has 1 aromatic carbocycles. The topological polar surface area (TPSA) is 12.9 Å². The second kappa shape index (κ2) is 4.68. The van der Waals surface area contributed by atoms with E-state index in [-0.39, 0.29) is 0 Å². The Bertz CT molecular complexity index is 718. The van der Waals surface area contributed by atoms with Crippen molar-refractivity contribution >= 4 is 0 Å². The van der Waals surface area contributed by atoms with Gasteiger partial charge in [-0.3, -0.25) is 4.98 Å². The van der Waals surface area contributed by atoms with Gasteiger partial charge in [0.05, 0.1) is 5.69 Å². The van der Waals surface area contributed by atoms with Gasteiger partial charge in [-0.05, 0) is 91.5 Å². The van der Waals surface area contributed by atoms with Crippen molar-refractivity contribution in [2.24, 2.45) is 11.8 Å². The maximum Gasteiger partial charge on any atom is 0.0731 e. The molecule has 2 saturated carbocycles. The second-order valence-electron chi connectivity index (χ2n) is 7.82. The van der Waals surface area contributed by atoms with Gasteiger partial charge in [0.2, 0.25) is 0 Å². The highest BCUT2D eigenvalue weighted by Gasteiger charge is 2.41. The van der Waals surface area contributed by atoms with Gasteiger partial charge in [0.15, 0.2) is 0 Å². The number of hydrogen-bond acceptors (Lipinski definition) is 1. The summed E-state index contributed by atoms with van der Waals surface area (Å²) >= 11 is 0. The average molecular weight is 289 g/mol. The Balaban J connectivity index is 1.65. The standard InChI is InChI=1S/C21H23N/c1-13-3-2-6-22-21(13)16-4-5-19-17-8-14-7-15(9-17)11-18(10-14)20(19)12-16/h2-6,12,14-15,17-18H,7-11H2,1H3. The van der Waals surface area contributed by atoms with Crippen LogP contribution in [0.3, 0.4) is 0 Å². The lowest BCUT2D eigenvalue weighted by Gasteiger charge is -2.38. The molecule has 0 N–H and O–H groups in total. The van der Waals surface area contributed by atoms with E-state index in [1.807, 2.05) is 12.3 Å². The van der Waals surface area contributed by atoms with Crippen molar-refractivity contribution in [2.45, 2.75) is 50.9 Å².